The molecule has 3 atom stereocenters. The summed E-state index contributed by atoms with van der Waals surface area (Å²) in [6.07, 6.45) is -1.17. The molecule has 10 heteroatoms. The Hall–Kier alpha value is -2.23. The Bertz CT molecular complexity index is 1080. The van der Waals surface area contributed by atoms with Crippen LogP contribution in [0, 0.1) is 6.92 Å². The summed E-state index contributed by atoms with van der Waals surface area (Å²) in [6, 6.07) is 4.30. The Balaban J connectivity index is 1.69. The summed E-state index contributed by atoms with van der Waals surface area (Å²) in [5.74, 6) is 0.206. The quantitative estimate of drug-likeness (QED) is 0.506. The third kappa shape index (κ3) is 5.78. The first kappa shape index (κ1) is 25.9. The second-order valence-corrected chi connectivity index (χ2v) is 10.1. The van der Waals surface area contributed by atoms with Crippen LogP contribution in [0.25, 0.3) is 11.3 Å². The number of hydrogen-bond acceptors (Lipinski definition) is 4. The van der Waals surface area contributed by atoms with Gasteiger partial charge >= 0.3 is 12.3 Å². The first-order valence-electron chi connectivity index (χ1n) is 11.8. The van der Waals surface area contributed by atoms with Crippen LogP contribution in [0.1, 0.15) is 56.7 Å². The molecule has 0 unspecified atom stereocenters. The van der Waals surface area contributed by atoms with E-state index in [0.717, 1.165) is 37.8 Å². The van der Waals surface area contributed by atoms with Crippen molar-refractivity contribution in [1.82, 2.24) is 9.88 Å². The fraction of sp³-hybridized carbons (Fsp3) is 0.560. The molecule has 1 saturated carbocycles. The van der Waals surface area contributed by atoms with Gasteiger partial charge in [0.15, 0.2) is 5.75 Å². The Kier molecular flexibility index (Phi) is 7.41. The minimum Gasteiger partial charge on any atom is -0.408 e. The van der Waals surface area contributed by atoms with Gasteiger partial charge in [-0.25, -0.2) is 4.79 Å². The van der Waals surface area contributed by atoms with E-state index < -0.39 is 35.6 Å². The normalized spacial score (nSPS) is 25.0. The van der Waals surface area contributed by atoms with Crippen molar-refractivity contribution in [3.05, 3.63) is 40.5 Å². The van der Waals surface area contributed by atoms with Crippen LogP contribution < -0.4 is 10.1 Å². The van der Waals surface area contributed by atoms with E-state index in [1.54, 1.807) is 11.5 Å². The number of benzene rings is 1. The molecule has 2 N–H and O–H groups in total. The number of carbonyl (C=O) groups is 1. The third-order valence-electron chi connectivity index (χ3n) is 6.92. The van der Waals surface area contributed by atoms with Gasteiger partial charge in [0.1, 0.15) is 0 Å². The molecule has 6 nitrogen and oxygen atoms in total. The minimum atomic E-state index is -4.54. The molecule has 4 rings (SSSR count). The summed E-state index contributed by atoms with van der Waals surface area (Å²) in [6.45, 7) is 4.65. The zero-order valence-corrected chi connectivity index (χ0v) is 20.5. The van der Waals surface area contributed by atoms with Crippen molar-refractivity contribution in [2.45, 2.75) is 82.8 Å². The molecular weight excluding hydrogens is 485 g/mol. The van der Waals surface area contributed by atoms with Crippen LogP contribution in [-0.4, -0.2) is 40.1 Å². The summed E-state index contributed by atoms with van der Waals surface area (Å²) >= 11 is 6.36. The Labute approximate surface area is 207 Å². The Morgan fingerprint density at radius 2 is 2.03 bits per heavy atom. The van der Waals surface area contributed by atoms with E-state index in [1.807, 2.05) is 6.92 Å². The van der Waals surface area contributed by atoms with E-state index in [1.165, 1.54) is 12.1 Å². The van der Waals surface area contributed by atoms with E-state index in [2.05, 4.69) is 5.32 Å². The zero-order chi connectivity index (χ0) is 25.4. The predicted octanol–water partition coefficient (Wildman–Crippen LogP) is 6.10. The Morgan fingerprint density at radius 3 is 2.69 bits per heavy atom. The highest BCUT2D eigenvalue weighted by molar-refractivity contribution is 6.33. The predicted molar refractivity (Wildman–Crippen MR) is 126 cm³/mol. The van der Waals surface area contributed by atoms with E-state index in [4.69, 9.17) is 21.1 Å². The largest absolute Gasteiger partial charge is 0.416 e. The molecule has 2 heterocycles. The van der Waals surface area contributed by atoms with Crippen molar-refractivity contribution in [3.63, 3.8) is 0 Å². The molecule has 1 aliphatic carbocycles. The van der Waals surface area contributed by atoms with Crippen LogP contribution in [0.2, 0.25) is 5.02 Å². The maximum atomic E-state index is 13.4. The number of rotatable bonds is 5. The molecule has 192 valence electrons. The summed E-state index contributed by atoms with van der Waals surface area (Å²) in [5, 5.41) is 13.0. The molecule has 0 radical (unpaired) electrons. The lowest BCUT2D eigenvalue weighted by molar-refractivity contribution is -0.137. The van der Waals surface area contributed by atoms with E-state index in [-0.39, 0.29) is 16.3 Å². The van der Waals surface area contributed by atoms with Gasteiger partial charge in [-0.15, -0.1) is 0 Å². The van der Waals surface area contributed by atoms with Crippen LogP contribution >= 0.6 is 11.6 Å². The fourth-order valence-electron chi connectivity index (χ4n) is 4.90. The standard InChI is InChI=1S/C25H30ClF3N2O4/c1-15-22(35-23(33)30-19-6-3-4-7-21(19)32)13-20(31(15)14-24(2)10-5-11-34-24)17-12-16(25(27,28)29)8-9-18(17)26/h8-9,12-13,19,21,32H,3-7,10-11,14H2,1-2H3,(H,30,33)/t19-,21-,24-/m1/s1. The molecule has 1 aliphatic heterocycles. The van der Waals surface area contributed by atoms with Gasteiger partial charge in [0, 0.05) is 23.3 Å². The number of ether oxygens (including phenoxy) is 2. The highest BCUT2D eigenvalue weighted by Gasteiger charge is 2.34. The number of nitrogens with zero attached hydrogens (tertiary/aromatic N) is 1. The third-order valence-corrected chi connectivity index (χ3v) is 7.25. The van der Waals surface area contributed by atoms with Crippen molar-refractivity contribution in [2.75, 3.05) is 6.61 Å². The lowest BCUT2D eigenvalue weighted by Crippen LogP contribution is -2.46. The maximum Gasteiger partial charge on any atom is 0.416 e. The van der Waals surface area contributed by atoms with Crippen LogP contribution in [0.5, 0.6) is 5.75 Å². The van der Waals surface area contributed by atoms with Crippen molar-refractivity contribution >= 4 is 17.7 Å². The first-order valence-corrected chi connectivity index (χ1v) is 12.2. The lowest BCUT2D eigenvalue weighted by Gasteiger charge is -2.28. The molecular formula is C25H30ClF3N2O4. The van der Waals surface area contributed by atoms with Crippen molar-refractivity contribution in [1.29, 1.82) is 0 Å². The first-order chi connectivity index (χ1) is 16.5. The Morgan fingerprint density at radius 1 is 1.29 bits per heavy atom. The van der Waals surface area contributed by atoms with Crippen LogP contribution in [0.15, 0.2) is 24.3 Å². The van der Waals surface area contributed by atoms with Gasteiger partial charge < -0.3 is 24.5 Å². The van der Waals surface area contributed by atoms with Gasteiger partial charge in [0.05, 0.1) is 41.2 Å². The molecule has 0 spiro atoms. The molecule has 1 aromatic heterocycles. The van der Waals surface area contributed by atoms with E-state index >= 15 is 0 Å². The summed E-state index contributed by atoms with van der Waals surface area (Å²) < 4.78 is 53.6. The molecule has 35 heavy (non-hydrogen) atoms. The van der Waals surface area contributed by atoms with Crippen molar-refractivity contribution < 1.29 is 32.5 Å². The lowest BCUT2D eigenvalue weighted by atomic mass is 9.93. The minimum absolute atomic E-state index is 0.149. The highest BCUT2D eigenvalue weighted by atomic mass is 35.5. The SMILES string of the molecule is Cc1c(OC(=O)N[C@@H]2CCCC[C@H]2O)cc(-c2cc(C(F)(F)F)ccc2Cl)n1C[C@@]1(C)CCCO1. The van der Waals surface area contributed by atoms with Crippen LogP contribution in [0.3, 0.4) is 0 Å². The van der Waals surface area contributed by atoms with Gasteiger partial charge in [0.2, 0.25) is 0 Å². The topological polar surface area (TPSA) is 72.7 Å². The number of aliphatic hydroxyl groups is 1. The average Bonchev–Trinajstić information content (AvgIpc) is 3.34. The highest BCUT2D eigenvalue weighted by Crippen LogP contribution is 2.40. The summed E-state index contributed by atoms with van der Waals surface area (Å²) in [7, 11) is 0. The van der Waals surface area contributed by atoms with E-state index in [0.29, 0.717) is 37.4 Å². The fourth-order valence-corrected chi connectivity index (χ4v) is 5.12. The van der Waals surface area contributed by atoms with Crippen molar-refractivity contribution in [3.8, 4) is 17.0 Å². The molecule has 2 fully saturated rings. The summed E-state index contributed by atoms with van der Waals surface area (Å²) in [4.78, 5) is 12.6. The number of hydrogen-bond donors (Lipinski definition) is 2. The van der Waals surface area contributed by atoms with Gasteiger partial charge in [-0.1, -0.05) is 24.4 Å². The number of halogens is 4. The average molecular weight is 515 g/mol. The number of aromatic nitrogens is 1. The van der Waals surface area contributed by atoms with Gasteiger partial charge in [-0.3, -0.25) is 0 Å². The molecule has 0 bridgehead atoms. The number of amides is 1. The van der Waals surface area contributed by atoms with Crippen LogP contribution in [-0.2, 0) is 17.5 Å². The van der Waals surface area contributed by atoms with Crippen molar-refractivity contribution in [2.24, 2.45) is 0 Å². The number of nitrogens with one attached hydrogen (secondary N) is 1. The molecule has 1 amide bonds. The molecule has 1 saturated heterocycles. The monoisotopic (exact) mass is 514 g/mol. The molecule has 1 aromatic carbocycles. The smallest absolute Gasteiger partial charge is 0.408 e. The summed E-state index contributed by atoms with van der Waals surface area (Å²) in [5.41, 5.74) is -0.195. The molecule has 2 aromatic rings. The zero-order valence-electron chi connectivity index (χ0n) is 19.8. The van der Waals surface area contributed by atoms with Gasteiger partial charge in [-0.2, -0.15) is 13.2 Å². The second kappa shape index (κ2) is 10.0. The maximum absolute atomic E-state index is 13.4. The number of carbonyl (C=O) groups excluding carboxylic acids is 1. The van der Waals surface area contributed by atoms with Gasteiger partial charge in [0.25, 0.3) is 0 Å². The van der Waals surface area contributed by atoms with E-state index in [9.17, 15) is 23.1 Å². The van der Waals surface area contributed by atoms with Gasteiger partial charge in [-0.05, 0) is 57.7 Å². The number of alkyl halides is 3. The second-order valence-electron chi connectivity index (χ2n) is 9.65. The molecule has 2 aliphatic rings. The van der Waals surface area contributed by atoms with Crippen LogP contribution in [0.4, 0.5) is 18.0 Å². The number of aliphatic hydroxyl groups excluding tert-OH is 1.